The van der Waals surface area contributed by atoms with E-state index < -0.39 is 11.8 Å². The van der Waals surface area contributed by atoms with Crippen LogP contribution in [0.15, 0.2) is 18.2 Å². The van der Waals surface area contributed by atoms with Gasteiger partial charge < -0.3 is 4.74 Å². The Morgan fingerprint density at radius 2 is 1.74 bits per heavy atom. The fourth-order valence-electron chi connectivity index (χ4n) is 1.42. The standard InChI is InChI=1S/C14H12N2O3/c1-2-3-19-14(18)7-13(17)12-5-10(8-15)4-11(6-12)9-16/h4-6H,2-3,7H2,1H3. The summed E-state index contributed by atoms with van der Waals surface area (Å²) < 4.78 is 4.81. The SMILES string of the molecule is CCCOC(=O)CC(=O)c1cc(C#N)cc(C#N)c1. The number of Topliss-reactive ketones (excluding diaryl/α,β-unsaturated/α-hetero) is 1. The molecule has 0 atom stereocenters. The number of nitriles is 2. The second-order valence-corrected chi connectivity index (χ2v) is 3.84. The number of carbonyl (C=O) groups is 2. The lowest BCUT2D eigenvalue weighted by Crippen LogP contribution is -2.12. The van der Waals surface area contributed by atoms with Crippen molar-refractivity contribution < 1.29 is 14.3 Å². The molecule has 1 rings (SSSR count). The van der Waals surface area contributed by atoms with E-state index >= 15 is 0 Å². The van der Waals surface area contributed by atoms with E-state index in [1.165, 1.54) is 18.2 Å². The number of ketones is 1. The van der Waals surface area contributed by atoms with Crippen LogP contribution in [-0.2, 0) is 9.53 Å². The van der Waals surface area contributed by atoms with Gasteiger partial charge in [-0.1, -0.05) is 6.92 Å². The molecule has 5 nitrogen and oxygen atoms in total. The summed E-state index contributed by atoms with van der Waals surface area (Å²) in [6.45, 7) is 2.12. The molecule has 0 aromatic heterocycles. The van der Waals surface area contributed by atoms with E-state index in [2.05, 4.69) is 0 Å². The van der Waals surface area contributed by atoms with Gasteiger partial charge in [-0.3, -0.25) is 9.59 Å². The maximum atomic E-state index is 11.8. The average Bonchev–Trinajstić information content (AvgIpc) is 2.44. The molecule has 96 valence electrons. The van der Waals surface area contributed by atoms with E-state index in [1.807, 2.05) is 19.1 Å². The van der Waals surface area contributed by atoms with Crippen molar-refractivity contribution in [3.05, 3.63) is 34.9 Å². The molecule has 0 N–H and O–H groups in total. The summed E-state index contributed by atoms with van der Waals surface area (Å²) in [5, 5.41) is 17.6. The Hall–Kier alpha value is -2.66. The van der Waals surface area contributed by atoms with Gasteiger partial charge in [-0.25, -0.2) is 0 Å². The van der Waals surface area contributed by atoms with Gasteiger partial charge in [-0.05, 0) is 24.6 Å². The van der Waals surface area contributed by atoms with E-state index in [9.17, 15) is 9.59 Å². The Bertz CT molecular complexity index is 547. The molecule has 0 bridgehead atoms. The lowest BCUT2D eigenvalue weighted by Gasteiger charge is -2.03. The number of benzene rings is 1. The normalized spacial score (nSPS) is 9.21. The molecule has 0 spiro atoms. The molecule has 5 heteroatoms. The van der Waals surface area contributed by atoms with Gasteiger partial charge in [0.2, 0.25) is 0 Å². The number of esters is 1. The molecule has 19 heavy (non-hydrogen) atoms. The number of hydrogen-bond donors (Lipinski definition) is 0. The maximum absolute atomic E-state index is 11.8. The van der Waals surface area contributed by atoms with Crippen LogP contribution in [0.1, 0.15) is 41.3 Å². The van der Waals surface area contributed by atoms with Gasteiger partial charge in [0, 0.05) is 5.56 Å². The average molecular weight is 256 g/mol. The first-order valence-corrected chi connectivity index (χ1v) is 5.74. The van der Waals surface area contributed by atoms with Gasteiger partial charge in [0.1, 0.15) is 6.42 Å². The Labute approximate surface area is 111 Å². The Morgan fingerprint density at radius 1 is 1.16 bits per heavy atom. The van der Waals surface area contributed by atoms with Crippen molar-refractivity contribution in [1.29, 1.82) is 10.5 Å². The fraction of sp³-hybridized carbons (Fsp3) is 0.286. The van der Waals surface area contributed by atoms with Crippen molar-refractivity contribution >= 4 is 11.8 Å². The topological polar surface area (TPSA) is 90.9 Å². The number of rotatable bonds is 5. The van der Waals surface area contributed by atoms with Crippen molar-refractivity contribution in [3.63, 3.8) is 0 Å². The van der Waals surface area contributed by atoms with E-state index in [4.69, 9.17) is 15.3 Å². The molecule has 1 aromatic carbocycles. The van der Waals surface area contributed by atoms with Crippen LogP contribution in [0.25, 0.3) is 0 Å². The lowest BCUT2D eigenvalue weighted by molar-refractivity contribution is -0.142. The summed E-state index contributed by atoms with van der Waals surface area (Å²) in [6.07, 6.45) is 0.294. The van der Waals surface area contributed by atoms with E-state index in [0.29, 0.717) is 6.42 Å². The third-order valence-electron chi connectivity index (χ3n) is 2.29. The molecule has 0 unspecified atom stereocenters. The molecule has 0 saturated heterocycles. The molecule has 0 fully saturated rings. The first kappa shape index (κ1) is 14.4. The quantitative estimate of drug-likeness (QED) is 0.456. The van der Waals surface area contributed by atoms with Gasteiger partial charge >= 0.3 is 5.97 Å². The van der Waals surface area contributed by atoms with Crippen molar-refractivity contribution in [2.45, 2.75) is 19.8 Å². The molecule has 1 aromatic rings. The van der Waals surface area contributed by atoms with Crippen LogP contribution >= 0.6 is 0 Å². The molecule has 0 aliphatic carbocycles. The Kier molecular flexibility index (Phi) is 5.25. The zero-order valence-corrected chi connectivity index (χ0v) is 10.5. The third-order valence-corrected chi connectivity index (χ3v) is 2.29. The van der Waals surface area contributed by atoms with Crippen LogP contribution in [-0.4, -0.2) is 18.4 Å². The van der Waals surface area contributed by atoms with Crippen LogP contribution in [0.2, 0.25) is 0 Å². The summed E-state index contributed by atoms with van der Waals surface area (Å²) in [6, 6.07) is 7.83. The molecule has 0 heterocycles. The highest BCUT2D eigenvalue weighted by molar-refractivity contribution is 6.06. The van der Waals surface area contributed by atoms with Crippen molar-refractivity contribution in [3.8, 4) is 12.1 Å². The number of carbonyl (C=O) groups excluding carboxylic acids is 2. The summed E-state index contributed by atoms with van der Waals surface area (Å²) in [5.41, 5.74) is 0.595. The number of nitrogens with zero attached hydrogens (tertiary/aromatic N) is 2. The molecular formula is C14H12N2O3. The van der Waals surface area contributed by atoms with Crippen LogP contribution in [0, 0.1) is 22.7 Å². The largest absolute Gasteiger partial charge is 0.465 e. The van der Waals surface area contributed by atoms with Gasteiger partial charge in [-0.15, -0.1) is 0 Å². The number of hydrogen-bond acceptors (Lipinski definition) is 5. The second kappa shape index (κ2) is 6.93. The fourth-order valence-corrected chi connectivity index (χ4v) is 1.42. The van der Waals surface area contributed by atoms with Crippen LogP contribution in [0.4, 0.5) is 0 Å². The van der Waals surface area contributed by atoms with E-state index in [-0.39, 0.29) is 29.7 Å². The Morgan fingerprint density at radius 3 is 2.21 bits per heavy atom. The lowest BCUT2D eigenvalue weighted by atomic mass is 10.0. The second-order valence-electron chi connectivity index (χ2n) is 3.84. The molecule has 0 aliphatic heterocycles. The molecule has 0 radical (unpaired) electrons. The molecule has 0 saturated carbocycles. The van der Waals surface area contributed by atoms with Crippen LogP contribution < -0.4 is 0 Å². The first-order chi connectivity index (χ1) is 9.10. The smallest absolute Gasteiger partial charge is 0.313 e. The van der Waals surface area contributed by atoms with Crippen molar-refractivity contribution in [2.75, 3.05) is 6.61 Å². The predicted molar refractivity (Wildman–Crippen MR) is 66.1 cm³/mol. The van der Waals surface area contributed by atoms with Gasteiger partial charge in [0.05, 0.1) is 29.9 Å². The first-order valence-electron chi connectivity index (χ1n) is 5.74. The number of ether oxygens (including phenoxy) is 1. The van der Waals surface area contributed by atoms with Crippen LogP contribution in [0.5, 0.6) is 0 Å². The van der Waals surface area contributed by atoms with Gasteiger partial charge in [0.25, 0.3) is 0 Å². The minimum Gasteiger partial charge on any atom is -0.465 e. The van der Waals surface area contributed by atoms with E-state index in [0.717, 1.165) is 0 Å². The highest BCUT2D eigenvalue weighted by atomic mass is 16.5. The maximum Gasteiger partial charge on any atom is 0.313 e. The summed E-state index contributed by atoms with van der Waals surface area (Å²) >= 11 is 0. The van der Waals surface area contributed by atoms with E-state index in [1.54, 1.807) is 0 Å². The monoisotopic (exact) mass is 256 g/mol. The predicted octanol–water partition coefficient (Wildman–Crippen LogP) is 1.96. The molecular weight excluding hydrogens is 244 g/mol. The summed E-state index contributed by atoms with van der Waals surface area (Å²) in [7, 11) is 0. The Balaban J connectivity index is 2.86. The van der Waals surface area contributed by atoms with Crippen molar-refractivity contribution in [1.82, 2.24) is 0 Å². The third kappa shape index (κ3) is 4.25. The summed E-state index contributed by atoms with van der Waals surface area (Å²) in [4.78, 5) is 23.2. The minimum atomic E-state index is -0.604. The zero-order valence-electron chi connectivity index (χ0n) is 10.5. The van der Waals surface area contributed by atoms with Crippen LogP contribution in [0.3, 0.4) is 0 Å². The van der Waals surface area contributed by atoms with Crippen molar-refractivity contribution in [2.24, 2.45) is 0 Å². The molecule has 0 amide bonds. The minimum absolute atomic E-state index is 0.170. The highest BCUT2D eigenvalue weighted by Crippen LogP contribution is 2.11. The van der Waals surface area contributed by atoms with Gasteiger partial charge in [-0.2, -0.15) is 10.5 Å². The summed E-state index contributed by atoms with van der Waals surface area (Å²) in [5.74, 6) is -1.07. The zero-order chi connectivity index (χ0) is 14.3. The highest BCUT2D eigenvalue weighted by Gasteiger charge is 2.14. The molecule has 0 aliphatic rings. The van der Waals surface area contributed by atoms with Gasteiger partial charge in [0.15, 0.2) is 5.78 Å².